The number of aliphatic hydroxyl groups is 1. The summed E-state index contributed by atoms with van der Waals surface area (Å²) in [6, 6.07) is 0. The van der Waals surface area contributed by atoms with E-state index in [0.29, 0.717) is 25.7 Å². The van der Waals surface area contributed by atoms with E-state index >= 15 is 0 Å². The van der Waals surface area contributed by atoms with E-state index in [9.17, 15) is 9.90 Å². The molecule has 2 heteroatoms. The van der Waals surface area contributed by atoms with Crippen molar-refractivity contribution in [1.82, 2.24) is 0 Å². The molecule has 70 valence electrons. The molecule has 12 heavy (non-hydrogen) atoms. The number of carbonyl (C=O) groups is 1. The molecule has 0 heterocycles. The molecule has 0 amide bonds. The van der Waals surface area contributed by atoms with Crippen molar-refractivity contribution in [2.45, 2.75) is 45.1 Å². The second-order valence-corrected chi connectivity index (χ2v) is 3.05. The zero-order valence-electron chi connectivity index (χ0n) is 7.97. The predicted octanol–water partition coefficient (Wildman–Crippen LogP) is 2.07. The van der Waals surface area contributed by atoms with Crippen LogP contribution in [0.4, 0.5) is 0 Å². The summed E-state index contributed by atoms with van der Waals surface area (Å²) in [5, 5.41) is 9.70. The fourth-order valence-electron chi connectivity index (χ4n) is 0.956. The van der Waals surface area contributed by atoms with E-state index in [2.05, 4.69) is 6.58 Å². The normalized spacial score (nSPS) is 15.2. The number of rotatable bonds is 6. The van der Waals surface area contributed by atoms with E-state index in [0.717, 1.165) is 0 Å². The summed E-state index contributed by atoms with van der Waals surface area (Å²) in [4.78, 5) is 10.9. The molecule has 1 unspecified atom stereocenters. The Balaban J connectivity index is 3.88. The van der Waals surface area contributed by atoms with Crippen LogP contribution in [0.2, 0.25) is 0 Å². The lowest BCUT2D eigenvalue weighted by atomic mass is 9.93. The summed E-state index contributed by atoms with van der Waals surface area (Å²) in [5.74, 6) is 0.198. The van der Waals surface area contributed by atoms with Crippen LogP contribution in [-0.4, -0.2) is 16.5 Å². The maximum atomic E-state index is 10.9. The van der Waals surface area contributed by atoms with Gasteiger partial charge in [0.05, 0.1) is 5.60 Å². The maximum absolute atomic E-state index is 10.9. The first-order valence-corrected chi connectivity index (χ1v) is 4.45. The Morgan fingerprint density at radius 1 is 1.58 bits per heavy atom. The van der Waals surface area contributed by atoms with Gasteiger partial charge in [-0.05, 0) is 12.8 Å². The minimum Gasteiger partial charge on any atom is -0.386 e. The summed E-state index contributed by atoms with van der Waals surface area (Å²) in [6.45, 7) is 7.27. The molecule has 0 fully saturated rings. The molecule has 0 aromatic carbocycles. The molecular weight excluding hydrogens is 152 g/mol. The quantitative estimate of drug-likeness (QED) is 0.620. The lowest BCUT2D eigenvalue weighted by Gasteiger charge is -2.21. The first kappa shape index (κ1) is 11.4. The Morgan fingerprint density at radius 2 is 2.17 bits per heavy atom. The highest BCUT2D eigenvalue weighted by atomic mass is 16.3. The highest BCUT2D eigenvalue weighted by molar-refractivity contribution is 5.78. The van der Waals surface area contributed by atoms with Crippen molar-refractivity contribution in [3.8, 4) is 0 Å². The van der Waals surface area contributed by atoms with E-state index in [-0.39, 0.29) is 5.78 Å². The van der Waals surface area contributed by atoms with E-state index in [1.165, 1.54) is 6.08 Å². The second kappa shape index (κ2) is 5.09. The molecule has 0 rings (SSSR count). The van der Waals surface area contributed by atoms with Gasteiger partial charge in [0.25, 0.3) is 0 Å². The minimum atomic E-state index is -0.842. The van der Waals surface area contributed by atoms with Gasteiger partial charge in [-0.3, -0.25) is 4.79 Å². The maximum Gasteiger partial charge on any atom is 0.132 e. The van der Waals surface area contributed by atoms with Gasteiger partial charge in [-0.25, -0.2) is 0 Å². The Kier molecular flexibility index (Phi) is 4.83. The molecule has 2 nitrogen and oxygen atoms in total. The van der Waals surface area contributed by atoms with Gasteiger partial charge in [0.2, 0.25) is 0 Å². The van der Waals surface area contributed by atoms with Crippen LogP contribution >= 0.6 is 0 Å². The molecule has 0 aromatic rings. The first-order chi connectivity index (χ1) is 5.58. The third-order valence-electron chi connectivity index (χ3n) is 2.22. The standard InChI is InChI=1S/C10H18O2/c1-4-9(11)7-8-10(12,5-2)6-3/h5,12H,2,4,6-8H2,1,3H3. The van der Waals surface area contributed by atoms with Gasteiger partial charge in [-0.2, -0.15) is 0 Å². The molecule has 0 aliphatic carbocycles. The van der Waals surface area contributed by atoms with Gasteiger partial charge < -0.3 is 5.11 Å². The van der Waals surface area contributed by atoms with Crippen molar-refractivity contribution in [2.24, 2.45) is 0 Å². The summed E-state index contributed by atoms with van der Waals surface area (Å²) in [7, 11) is 0. The molecule has 0 aliphatic rings. The Labute approximate surface area is 74.3 Å². The van der Waals surface area contributed by atoms with Crippen molar-refractivity contribution in [2.75, 3.05) is 0 Å². The fraction of sp³-hybridized carbons (Fsp3) is 0.700. The van der Waals surface area contributed by atoms with Gasteiger partial charge >= 0.3 is 0 Å². The van der Waals surface area contributed by atoms with Crippen molar-refractivity contribution in [3.05, 3.63) is 12.7 Å². The van der Waals surface area contributed by atoms with Crippen molar-refractivity contribution < 1.29 is 9.90 Å². The van der Waals surface area contributed by atoms with Crippen LogP contribution < -0.4 is 0 Å². The Morgan fingerprint density at radius 3 is 2.50 bits per heavy atom. The van der Waals surface area contributed by atoms with Crippen LogP contribution in [0.15, 0.2) is 12.7 Å². The predicted molar refractivity (Wildman–Crippen MR) is 50.0 cm³/mol. The molecule has 0 bridgehead atoms. The first-order valence-electron chi connectivity index (χ1n) is 4.45. The third-order valence-corrected chi connectivity index (χ3v) is 2.22. The van der Waals surface area contributed by atoms with Crippen LogP contribution in [0, 0.1) is 0 Å². The minimum absolute atomic E-state index is 0.198. The lowest BCUT2D eigenvalue weighted by Crippen LogP contribution is -2.25. The molecule has 1 atom stereocenters. The zero-order chi connectivity index (χ0) is 9.61. The topological polar surface area (TPSA) is 37.3 Å². The summed E-state index contributed by atoms with van der Waals surface area (Å²) in [6.07, 6.45) is 3.65. The molecule has 0 aliphatic heterocycles. The molecule has 0 radical (unpaired) electrons. The second-order valence-electron chi connectivity index (χ2n) is 3.05. The van der Waals surface area contributed by atoms with Crippen molar-refractivity contribution in [1.29, 1.82) is 0 Å². The van der Waals surface area contributed by atoms with E-state index < -0.39 is 5.60 Å². The molecule has 1 N–H and O–H groups in total. The number of ketones is 1. The third kappa shape index (κ3) is 3.67. The molecule has 0 aromatic heterocycles. The highest BCUT2D eigenvalue weighted by Crippen LogP contribution is 2.18. The van der Waals surface area contributed by atoms with E-state index in [1.807, 2.05) is 13.8 Å². The molecule has 0 saturated carbocycles. The number of Topliss-reactive ketones (excluding diaryl/α,β-unsaturated/α-hetero) is 1. The van der Waals surface area contributed by atoms with Crippen LogP contribution in [0.1, 0.15) is 39.5 Å². The average molecular weight is 170 g/mol. The molecule has 0 saturated heterocycles. The zero-order valence-corrected chi connectivity index (χ0v) is 7.97. The van der Waals surface area contributed by atoms with E-state index in [4.69, 9.17) is 0 Å². The SMILES string of the molecule is C=CC(O)(CC)CCC(=O)CC. The molecule has 0 spiro atoms. The van der Waals surface area contributed by atoms with Crippen LogP contribution in [0.3, 0.4) is 0 Å². The lowest BCUT2D eigenvalue weighted by molar-refractivity contribution is -0.119. The van der Waals surface area contributed by atoms with Crippen LogP contribution in [0.5, 0.6) is 0 Å². The summed E-state index contributed by atoms with van der Waals surface area (Å²) in [5.41, 5.74) is -0.842. The van der Waals surface area contributed by atoms with E-state index in [1.54, 1.807) is 0 Å². The fourth-order valence-corrected chi connectivity index (χ4v) is 0.956. The van der Waals surface area contributed by atoms with Gasteiger partial charge in [-0.1, -0.05) is 19.9 Å². The molecular formula is C10H18O2. The average Bonchev–Trinajstić information content (AvgIpc) is 2.13. The number of hydrogen-bond donors (Lipinski definition) is 1. The van der Waals surface area contributed by atoms with Gasteiger partial charge in [0.1, 0.15) is 5.78 Å². The van der Waals surface area contributed by atoms with Gasteiger partial charge in [0, 0.05) is 12.8 Å². The van der Waals surface area contributed by atoms with Crippen LogP contribution in [-0.2, 0) is 4.79 Å². The smallest absolute Gasteiger partial charge is 0.132 e. The monoisotopic (exact) mass is 170 g/mol. The number of hydrogen-bond acceptors (Lipinski definition) is 2. The summed E-state index contributed by atoms with van der Waals surface area (Å²) >= 11 is 0. The Hall–Kier alpha value is -0.630. The highest BCUT2D eigenvalue weighted by Gasteiger charge is 2.20. The van der Waals surface area contributed by atoms with Gasteiger partial charge in [0.15, 0.2) is 0 Å². The summed E-state index contributed by atoms with van der Waals surface area (Å²) < 4.78 is 0. The van der Waals surface area contributed by atoms with Crippen LogP contribution in [0.25, 0.3) is 0 Å². The largest absolute Gasteiger partial charge is 0.386 e. The van der Waals surface area contributed by atoms with Crippen molar-refractivity contribution >= 4 is 5.78 Å². The Bertz CT molecular complexity index is 163. The van der Waals surface area contributed by atoms with Gasteiger partial charge in [-0.15, -0.1) is 6.58 Å². The number of carbonyl (C=O) groups excluding carboxylic acids is 1. The van der Waals surface area contributed by atoms with Crippen molar-refractivity contribution in [3.63, 3.8) is 0 Å².